The molecule has 0 aliphatic heterocycles. The minimum Gasteiger partial charge on any atom is -0.496 e. The number of para-hydroxylation sites is 1. The molecule has 2 rings (SSSR count). The minimum absolute atomic E-state index is 0.0245. The minimum atomic E-state index is 0.0245. The summed E-state index contributed by atoms with van der Waals surface area (Å²) in [5.41, 5.74) is 2.21. The lowest BCUT2D eigenvalue weighted by molar-refractivity contribution is -0.686. The lowest BCUT2D eigenvalue weighted by atomic mass is 10.0. The Morgan fingerprint density at radius 3 is 2.58 bits per heavy atom. The number of amides is 1. The van der Waals surface area contributed by atoms with Crippen LogP contribution in [0.2, 0.25) is 0 Å². The van der Waals surface area contributed by atoms with Gasteiger partial charge in [0.15, 0.2) is 6.54 Å². The predicted octanol–water partition coefficient (Wildman–Crippen LogP) is 2.79. The summed E-state index contributed by atoms with van der Waals surface area (Å²) in [7, 11) is 1.64. The Kier molecular flexibility index (Phi) is 7.28. The molecule has 0 unspecified atom stereocenters. The van der Waals surface area contributed by atoms with E-state index in [2.05, 4.69) is 45.6 Å². The van der Waals surface area contributed by atoms with Crippen LogP contribution >= 0.6 is 15.9 Å². The highest BCUT2D eigenvalue weighted by Crippen LogP contribution is 2.17. The fourth-order valence-corrected chi connectivity index (χ4v) is 2.88. The van der Waals surface area contributed by atoms with Gasteiger partial charge in [0.2, 0.25) is 0 Å². The first-order valence-electron chi connectivity index (χ1n) is 8.11. The van der Waals surface area contributed by atoms with Crippen LogP contribution in [0.5, 0.6) is 5.75 Å². The number of carbonyl (C=O) groups is 1. The van der Waals surface area contributed by atoms with Crippen molar-refractivity contribution in [3.05, 3.63) is 64.1 Å². The highest BCUT2D eigenvalue weighted by molar-refractivity contribution is 9.10. The number of ether oxygens (including phenoxy) is 1. The van der Waals surface area contributed by atoms with Gasteiger partial charge >= 0.3 is 0 Å². The lowest BCUT2D eigenvalue weighted by Crippen LogP contribution is -2.87. The molecule has 0 saturated carbocycles. The number of carbonyl (C=O) groups excluding carboxylic acids is 1. The van der Waals surface area contributed by atoms with Crippen LogP contribution in [-0.4, -0.2) is 19.6 Å². The molecule has 5 heteroatoms. The van der Waals surface area contributed by atoms with Crippen molar-refractivity contribution in [1.29, 1.82) is 0 Å². The van der Waals surface area contributed by atoms with Gasteiger partial charge in [0, 0.05) is 28.6 Å². The molecular formula is C19H24BrN2O2+. The molecule has 0 saturated heterocycles. The van der Waals surface area contributed by atoms with Gasteiger partial charge in [0.1, 0.15) is 11.8 Å². The Bertz CT molecular complexity index is 659. The molecule has 24 heavy (non-hydrogen) atoms. The van der Waals surface area contributed by atoms with E-state index in [0.717, 1.165) is 22.2 Å². The third-order valence-electron chi connectivity index (χ3n) is 3.99. The Morgan fingerprint density at radius 1 is 1.21 bits per heavy atom. The van der Waals surface area contributed by atoms with Gasteiger partial charge in [0.05, 0.1) is 7.11 Å². The van der Waals surface area contributed by atoms with Crippen LogP contribution in [0, 0.1) is 0 Å². The summed E-state index contributed by atoms with van der Waals surface area (Å²) in [4.78, 5) is 12.1. The molecule has 3 N–H and O–H groups in total. The fourth-order valence-electron chi connectivity index (χ4n) is 2.61. The molecule has 128 valence electrons. The number of benzene rings is 2. The molecule has 0 spiro atoms. The Morgan fingerprint density at radius 2 is 1.92 bits per heavy atom. The van der Waals surface area contributed by atoms with Crippen molar-refractivity contribution in [2.45, 2.75) is 25.9 Å². The Labute approximate surface area is 151 Å². The second-order valence-corrected chi connectivity index (χ2v) is 6.51. The summed E-state index contributed by atoms with van der Waals surface area (Å²) in [5.74, 6) is 0.819. The van der Waals surface area contributed by atoms with E-state index in [1.165, 1.54) is 5.56 Å². The number of quaternary nitrogens is 1. The summed E-state index contributed by atoms with van der Waals surface area (Å²) in [5, 5.41) is 5.04. The van der Waals surface area contributed by atoms with Gasteiger partial charge < -0.3 is 15.4 Å². The number of rotatable bonds is 8. The van der Waals surface area contributed by atoms with Gasteiger partial charge in [-0.1, -0.05) is 53.2 Å². The molecular weight excluding hydrogens is 368 g/mol. The van der Waals surface area contributed by atoms with E-state index < -0.39 is 0 Å². The van der Waals surface area contributed by atoms with Crippen LogP contribution in [0.25, 0.3) is 0 Å². The van der Waals surface area contributed by atoms with E-state index in [1.54, 1.807) is 7.11 Å². The maximum absolute atomic E-state index is 12.1. The maximum Gasteiger partial charge on any atom is 0.275 e. The van der Waals surface area contributed by atoms with Gasteiger partial charge in [-0.05, 0) is 18.2 Å². The monoisotopic (exact) mass is 391 g/mol. The van der Waals surface area contributed by atoms with Crippen LogP contribution in [0.1, 0.15) is 30.5 Å². The predicted molar refractivity (Wildman–Crippen MR) is 98.8 cm³/mol. The third-order valence-corrected chi connectivity index (χ3v) is 4.52. The van der Waals surface area contributed by atoms with Gasteiger partial charge in [-0.3, -0.25) is 4.79 Å². The van der Waals surface area contributed by atoms with E-state index in [0.29, 0.717) is 13.1 Å². The number of hydrogen-bond acceptors (Lipinski definition) is 2. The molecule has 1 atom stereocenters. The van der Waals surface area contributed by atoms with Crippen molar-refractivity contribution in [3.63, 3.8) is 0 Å². The van der Waals surface area contributed by atoms with Crippen LogP contribution < -0.4 is 15.4 Å². The summed E-state index contributed by atoms with van der Waals surface area (Å²) >= 11 is 3.45. The molecule has 1 amide bonds. The highest BCUT2D eigenvalue weighted by atomic mass is 79.9. The molecule has 0 fully saturated rings. The lowest BCUT2D eigenvalue weighted by Gasteiger charge is -2.14. The molecule has 0 heterocycles. The van der Waals surface area contributed by atoms with E-state index in [-0.39, 0.29) is 11.9 Å². The zero-order valence-corrected chi connectivity index (χ0v) is 15.7. The van der Waals surface area contributed by atoms with Crippen LogP contribution in [0.3, 0.4) is 0 Å². The summed E-state index contributed by atoms with van der Waals surface area (Å²) in [6, 6.07) is 16.3. The average Bonchev–Trinajstić information content (AvgIpc) is 2.62. The topological polar surface area (TPSA) is 54.9 Å². The molecule has 0 bridgehead atoms. The second kappa shape index (κ2) is 9.45. The van der Waals surface area contributed by atoms with E-state index in [1.807, 2.05) is 36.4 Å². The first-order chi connectivity index (χ1) is 11.6. The number of nitrogens with two attached hydrogens (primary N) is 1. The molecule has 2 aromatic carbocycles. The van der Waals surface area contributed by atoms with E-state index in [4.69, 9.17) is 4.74 Å². The molecule has 0 aromatic heterocycles. The molecule has 0 radical (unpaired) electrons. The van der Waals surface area contributed by atoms with Crippen LogP contribution in [0.4, 0.5) is 0 Å². The maximum atomic E-state index is 12.1. The van der Waals surface area contributed by atoms with Crippen LogP contribution in [-0.2, 0) is 11.3 Å². The number of methoxy groups -OCH3 is 1. The van der Waals surface area contributed by atoms with Crippen molar-refractivity contribution < 1.29 is 14.8 Å². The number of nitrogens with one attached hydrogen (secondary N) is 1. The van der Waals surface area contributed by atoms with Crippen molar-refractivity contribution >= 4 is 21.8 Å². The molecule has 4 nitrogen and oxygen atoms in total. The SMILES string of the molecule is CC[C@@H]([NH2+]CC(=O)NCc1ccccc1OC)c1ccc(Br)cc1. The van der Waals surface area contributed by atoms with E-state index >= 15 is 0 Å². The normalized spacial score (nSPS) is 11.8. The van der Waals surface area contributed by atoms with Gasteiger partial charge in [-0.15, -0.1) is 0 Å². The zero-order chi connectivity index (χ0) is 17.4. The molecule has 0 aliphatic carbocycles. The van der Waals surface area contributed by atoms with Gasteiger partial charge in [-0.25, -0.2) is 0 Å². The van der Waals surface area contributed by atoms with Crippen molar-refractivity contribution in [2.75, 3.05) is 13.7 Å². The largest absolute Gasteiger partial charge is 0.496 e. The van der Waals surface area contributed by atoms with Crippen molar-refractivity contribution in [3.8, 4) is 5.75 Å². The van der Waals surface area contributed by atoms with Gasteiger partial charge in [0.25, 0.3) is 5.91 Å². The first kappa shape index (κ1) is 18.5. The quantitative estimate of drug-likeness (QED) is 0.726. The number of hydrogen-bond donors (Lipinski definition) is 2. The van der Waals surface area contributed by atoms with Crippen LogP contribution in [0.15, 0.2) is 53.0 Å². The average molecular weight is 392 g/mol. The van der Waals surface area contributed by atoms with Crippen molar-refractivity contribution in [2.24, 2.45) is 0 Å². The summed E-state index contributed by atoms with van der Waals surface area (Å²) < 4.78 is 6.36. The fraction of sp³-hybridized carbons (Fsp3) is 0.316. The number of halogens is 1. The smallest absolute Gasteiger partial charge is 0.275 e. The van der Waals surface area contributed by atoms with Crippen molar-refractivity contribution in [1.82, 2.24) is 5.32 Å². The first-order valence-corrected chi connectivity index (χ1v) is 8.90. The van der Waals surface area contributed by atoms with Gasteiger partial charge in [-0.2, -0.15) is 0 Å². The molecule has 0 aliphatic rings. The Hall–Kier alpha value is -1.85. The molecule has 2 aromatic rings. The summed E-state index contributed by atoms with van der Waals surface area (Å²) in [6.07, 6.45) is 0.974. The Balaban J connectivity index is 1.84. The zero-order valence-electron chi connectivity index (χ0n) is 14.1. The second-order valence-electron chi connectivity index (χ2n) is 5.59. The third kappa shape index (κ3) is 5.35. The summed E-state index contributed by atoms with van der Waals surface area (Å²) in [6.45, 7) is 3.02. The standard InChI is InChI=1S/C19H23BrN2O2/c1-3-17(14-8-10-16(20)11-9-14)21-13-19(23)22-12-15-6-4-5-7-18(15)24-2/h4-11,17,21H,3,12-13H2,1-2H3,(H,22,23)/p+1/t17-/m1/s1. The van der Waals surface area contributed by atoms with E-state index in [9.17, 15) is 4.79 Å². The highest BCUT2D eigenvalue weighted by Gasteiger charge is 2.14.